The third kappa shape index (κ3) is 4.33. The molecule has 2 aromatic rings. The van der Waals surface area contributed by atoms with Gasteiger partial charge in [-0.3, -0.25) is 9.59 Å². The Morgan fingerprint density at radius 2 is 1.86 bits per heavy atom. The summed E-state index contributed by atoms with van der Waals surface area (Å²) in [6.45, 7) is 6.94. The first-order valence-electron chi connectivity index (χ1n) is 12.4. The van der Waals surface area contributed by atoms with E-state index in [2.05, 4.69) is 6.58 Å². The van der Waals surface area contributed by atoms with Gasteiger partial charge in [-0.1, -0.05) is 48.9 Å². The normalized spacial score (nSPS) is 23.5. The second kappa shape index (κ2) is 9.98. The number of nitrogens with zero attached hydrogens (tertiary/aromatic N) is 1. The molecule has 1 aliphatic carbocycles. The fourth-order valence-corrected chi connectivity index (χ4v) is 5.38. The average Bonchev–Trinajstić information content (AvgIpc) is 3.16. The van der Waals surface area contributed by atoms with Gasteiger partial charge in [-0.05, 0) is 49.4 Å². The number of Topliss-reactive ketones (excluding diaryl/α,β-unsaturated/α-hetero) is 1. The first kappa shape index (κ1) is 23.2. The third-order valence-electron chi connectivity index (χ3n) is 7.01. The highest BCUT2D eigenvalue weighted by Crippen LogP contribution is 2.47. The van der Waals surface area contributed by atoms with Crippen molar-refractivity contribution in [3.8, 4) is 11.5 Å². The van der Waals surface area contributed by atoms with Gasteiger partial charge in [0.2, 0.25) is 0 Å². The van der Waals surface area contributed by atoms with Crippen molar-refractivity contribution in [1.82, 2.24) is 4.90 Å². The fourth-order valence-electron chi connectivity index (χ4n) is 5.38. The molecule has 3 unspecified atom stereocenters. The molecule has 1 fully saturated rings. The molecule has 0 bridgehead atoms. The summed E-state index contributed by atoms with van der Waals surface area (Å²) < 4.78 is 18.2. The molecule has 6 nitrogen and oxygen atoms in total. The number of fused-ring (bicyclic) bond motifs is 1. The van der Waals surface area contributed by atoms with Gasteiger partial charge in [-0.15, -0.1) is 6.58 Å². The van der Waals surface area contributed by atoms with E-state index < -0.39 is 6.04 Å². The van der Waals surface area contributed by atoms with E-state index in [4.69, 9.17) is 14.2 Å². The number of rotatable bonds is 8. The van der Waals surface area contributed by atoms with Crippen LogP contribution >= 0.6 is 0 Å². The highest BCUT2D eigenvalue weighted by molar-refractivity contribution is 6.11. The van der Waals surface area contributed by atoms with Crippen LogP contribution in [0.3, 0.4) is 0 Å². The first-order valence-corrected chi connectivity index (χ1v) is 12.4. The minimum absolute atomic E-state index is 0.0447. The van der Waals surface area contributed by atoms with Crippen molar-refractivity contribution in [3.05, 3.63) is 83.6 Å². The van der Waals surface area contributed by atoms with Gasteiger partial charge in [0.05, 0.1) is 24.1 Å². The van der Waals surface area contributed by atoms with E-state index in [-0.39, 0.29) is 29.5 Å². The molecule has 6 heteroatoms. The maximum absolute atomic E-state index is 13.7. The number of ketones is 1. The summed E-state index contributed by atoms with van der Waals surface area (Å²) in [6.07, 6.45) is 5.13. The van der Waals surface area contributed by atoms with Crippen LogP contribution in [-0.4, -0.2) is 35.8 Å². The Labute approximate surface area is 206 Å². The van der Waals surface area contributed by atoms with E-state index in [9.17, 15) is 9.59 Å². The first-order chi connectivity index (χ1) is 17.1. The van der Waals surface area contributed by atoms with Crippen LogP contribution in [0.4, 0.5) is 0 Å². The maximum Gasteiger partial charge on any atom is 0.290 e. The highest BCUT2D eigenvalue weighted by atomic mass is 16.5. The molecule has 2 aromatic carbocycles. The van der Waals surface area contributed by atoms with E-state index in [1.54, 1.807) is 11.0 Å². The minimum Gasteiger partial charge on any atom is -0.490 e. The number of carbonyl (C=O) groups is 2. The van der Waals surface area contributed by atoms with Crippen LogP contribution in [-0.2, 0) is 20.9 Å². The van der Waals surface area contributed by atoms with Crippen LogP contribution in [0.1, 0.15) is 49.8 Å². The molecule has 0 radical (unpaired) electrons. The number of amides is 1. The number of hydrogen-bond acceptors (Lipinski definition) is 5. The Hall–Kier alpha value is -3.54. The average molecular weight is 474 g/mol. The van der Waals surface area contributed by atoms with Crippen molar-refractivity contribution in [2.24, 2.45) is 5.92 Å². The molecule has 3 atom stereocenters. The summed E-state index contributed by atoms with van der Waals surface area (Å²) in [4.78, 5) is 28.7. The third-order valence-corrected chi connectivity index (χ3v) is 7.01. The molecule has 0 N–H and O–H groups in total. The molecule has 1 saturated carbocycles. The van der Waals surface area contributed by atoms with E-state index in [1.807, 2.05) is 55.5 Å². The van der Waals surface area contributed by atoms with Gasteiger partial charge in [-0.2, -0.15) is 0 Å². The zero-order chi connectivity index (χ0) is 24.4. The summed E-state index contributed by atoms with van der Waals surface area (Å²) in [5.41, 5.74) is 2.33. The lowest BCUT2D eigenvalue weighted by molar-refractivity contribution is -0.135. The van der Waals surface area contributed by atoms with Crippen LogP contribution < -0.4 is 9.47 Å². The zero-order valence-electron chi connectivity index (χ0n) is 20.1. The molecule has 182 valence electrons. The summed E-state index contributed by atoms with van der Waals surface area (Å²) in [6, 6.07) is 15.0. The van der Waals surface area contributed by atoms with Crippen molar-refractivity contribution in [2.75, 3.05) is 13.2 Å². The molecule has 1 amide bonds. The number of ether oxygens (including phenoxy) is 3. The molecule has 0 saturated heterocycles. The molecule has 2 heterocycles. The second-order valence-corrected chi connectivity index (χ2v) is 9.22. The van der Waals surface area contributed by atoms with Gasteiger partial charge in [-0.25, -0.2) is 0 Å². The van der Waals surface area contributed by atoms with Gasteiger partial charge in [0, 0.05) is 6.54 Å². The molecule has 5 rings (SSSR count). The SMILES string of the molecule is C=CCN1C(=O)C2=C(C(=O)C3CCCCC3O2)C1c1ccc(OCc2ccccc2)c(OCC)c1. The highest BCUT2D eigenvalue weighted by Gasteiger charge is 2.51. The van der Waals surface area contributed by atoms with Crippen molar-refractivity contribution < 1.29 is 23.8 Å². The van der Waals surface area contributed by atoms with Crippen LogP contribution in [0.15, 0.2) is 72.5 Å². The van der Waals surface area contributed by atoms with Crippen LogP contribution in [0.25, 0.3) is 0 Å². The monoisotopic (exact) mass is 473 g/mol. The smallest absolute Gasteiger partial charge is 0.290 e. The van der Waals surface area contributed by atoms with E-state index in [0.717, 1.165) is 36.8 Å². The maximum atomic E-state index is 13.7. The van der Waals surface area contributed by atoms with Gasteiger partial charge in [0.25, 0.3) is 5.91 Å². The number of benzene rings is 2. The van der Waals surface area contributed by atoms with Crippen molar-refractivity contribution in [2.45, 2.75) is 51.4 Å². The number of hydrogen-bond donors (Lipinski definition) is 0. The van der Waals surface area contributed by atoms with Gasteiger partial charge in [0.1, 0.15) is 12.7 Å². The van der Waals surface area contributed by atoms with Gasteiger partial charge >= 0.3 is 0 Å². The topological polar surface area (TPSA) is 65.1 Å². The standard InChI is InChI=1S/C29H31NO5/c1-3-16-30-26(25-27(31)21-12-8-9-13-22(21)35-28(25)29(30)32)20-14-15-23(24(17-20)33-4-2)34-18-19-10-6-5-7-11-19/h3,5-7,10-11,14-15,17,21-22,26H,1,4,8-9,12-13,16,18H2,2H3. The predicted molar refractivity (Wildman–Crippen MR) is 132 cm³/mol. The molecule has 35 heavy (non-hydrogen) atoms. The minimum atomic E-state index is -0.534. The summed E-state index contributed by atoms with van der Waals surface area (Å²) in [5, 5.41) is 0. The Bertz CT molecular complexity index is 1150. The Kier molecular flexibility index (Phi) is 6.62. The van der Waals surface area contributed by atoms with Crippen molar-refractivity contribution in [1.29, 1.82) is 0 Å². The fraction of sp³-hybridized carbons (Fsp3) is 0.379. The van der Waals surface area contributed by atoms with E-state index in [0.29, 0.717) is 36.8 Å². The van der Waals surface area contributed by atoms with E-state index in [1.165, 1.54) is 0 Å². The summed E-state index contributed by atoms with van der Waals surface area (Å²) >= 11 is 0. The second-order valence-electron chi connectivity index (χ2n) is 9.22. The molecule has 2 aliphatic heterocycles. The molecule has 3 aliphatic rings. The Morgan fingerprint density at radius 1 is 1.06 bits per heavy atom. The Balaban J connectivity index is 1.50. The lowest BCUT2D eigenvalue weighted by Crippen LogP contribution is -2.39. The van der Waals surface area contributed by atoms with Crippen molar-refractivity contribution >= 4 is 11.7 Å². The van der Waals surface area contributed by atoms with Crippen molar-refractivity contribution in [3.63, 3.8) is 0 Å². The molecular weight excluding hydrogens is 442 g/mol. The van der Waals surface area contributed by atoms with Crippen LogP contribution in [0, 0.1) is 5.92 Å². The van der Waals surface area contributed by atoms with Gasteiger partial charge < -0.3 is 19.1 Å². The molecular formula is C29H31NO5. The lowest BCUT2D eigenvalue weighted by atomic mass is 9.77. The van der Waals surface area contributed by atoms with Crippen LogP contribution in [0.2, 0.25) is 0 Å². The quantitative estimate of drug-likeness (QED) is 0.497. The van der Waals surface area contributed by atoms with Crippen LogP contribution in [0.5, 0.6) is 11.5 Å². The number of carbonyl (C=O) groups excluding carboxylic acids is 2. The molecule has 0 aromatic heterocycles. The molecule has 0 spiro atoms. The largest absolute Gasteiger partial charge is 0.490 e. The summed E-state index contributed by atoms with van der Waals surface area (Å²) in [7, 11) is 0. The predicted octanol–water partition coefficient (Wildman–Crippen LogP) is 5.15. The van der Waals surface area contributed by atoms with E-state index >= 15 is 0 Å². The van der Waals surface area contributed by atoms with Gasteiger partial charge in [0.15, 0.2) is 23.0 Å². The Morgan fingerprint density at radius 3 is 2.63 bits per heavy atom. The lowest BCUT2D eigenvalue weighted by Gasteiger charge is -2.35. The zero-order valence-corrected chi connectivity index (χ0v) is 20.1. The summed E-state index contributed by atoms with van der Waals surface area (Å²) in [5.74, 6) is 1.04.